The summed E-state index contributed by atoms with van der Waals surface area (Å²) in [5.41, 5.74) is 5.50. The fourth-order valence-electron chi connectivity index (χ4n) is 2.66. The van der Waals surface area contributed by atoms with E-state index in [2.05, 4.69) is 4.98 Å². The number of amides is 2. The molecule has 0 spiro atoms. The van der Waals surface area contributed by atoms with Gasteiger partial charge in [-0.3, -0.25) is 4.90 Å². The van der Waals surface area contributed by atoms with E-state index in [1.54, 1.807) is 30.5 Å². The van der Waals surface area contributed by atoms with Crippen LogP contribution < -0.4 is 10.6 Å². The van der Waals surface area contributed by atoms with E-state index in [9.17, 15) is 22.4 Å². The molecule has 0 aliphatic heterocycles. The predicted octanol–water partition coefficient (Wildman–Crippen LogP) is 4.41. The number of carbonyl (C=O) groups excluding carboxylic acids is 1. The van der Waals surface area contributed by atoms with Gasteiger partial charge in [0.15, 0.2) is 0 Å². The second kappa shape index (κ2) is 6.12. The summed E-state index contributed by atoms with van der Waals surface area (Å²) in [4.78, 5) is 16.0. The number of primary amides is 1. The molecule has 0 unspecified atom stereocenters. The second-order valence-electron chi connectivity index (χ2n) is 5.45. The number of H-pyrrole nitrogens is 1. The molecule has 1 heterocycles. The highest BCUT2D eigenvalue weighted by Gasteiger charge is 2.34. The Balaban J connectivity index is 1.97. The van der Waals surface area contributed by atoms with Crippen molar-refractivity contribution in [3.8, 4) is 0 Å². The third-order valence-electron chi connectivity index (χ3n) is 3.81. The minimum absolute atomic E-state index is 0.158. The quantitative estimate of drug-likeness (QED) is 0.675. The predicted molar refractivity (Wildman–Crippen MR) is 85.5 cm³/mol. The van der Waals surface area contributed by atoms with E-state index in [0.717, 1.165) is 17.6 Å². The minimum Gasteiger partial charge on any atom is -0.361 e. The molecule has 0 aliphatic rings. The van der Waals surface area contributed by atoms with Gasteiger partial charge in [-0.2, -0.15) is 13.2 Å². The van der Waals surface area contributed by atoms with Gasteiger partial charge in [0.25, 0.3) is 0 Å². The number of aromatic nitrogens is 1. The van der Waals surface area contributed by atoms with E-state index >= 15 is 0 Å². The third-order valence-corrected chi connectivity index (χ3v) is 3.81. The highest BCUT2D eigenvalue weighted by molar-refractivity contribution is 6.01. The first kappa shape index (κ1) is 16.8. The molecule has 8 heteroatoms. The fraction of sp³-hybridized carbons (Fsp3) is 0.118. The zero-order chi connectivity index (χ0) is 18.2. The van der Waals surface area contributed by atoms with Crippen molar-refractivity contribution in [1.82, 2.24) is 4.98 Å². The lowest BCUT2D eigenvalue weighted by Gasteiger charge is -2.22. The second-order valence-corrected chi connectivity index (χ2v) is 5.45. The average Bonchev–Trinajstić information content (AvgIpc) is 2.99. The molecule has 1 aromatic heterocycles. The molecule has 3 aromatic rings. The summed E-state index contributed by atoms with van der Waals surface area (Å²) in [6, 6.07) is 8.65. The van der Waals surface area contributed by atoms with Crippen molar-refractivity contribution in [2.45, 2.75) is 12.7 Å². The van der Waals surface area contributed by atoms with E-state index in [-0.39, 0.29) is 12.1 Å². The van der Waals surface area contributed by atoms with Crippen LogP contribution in [0.15, 0.2) is 48.7 Å². The zero-order valence-electron chi connectivity index (χ0n) is 12.8. The molecule has 3 N–H and O–H groups in total. The molecule has 0 aliphatic carbocycles. The lowest BCUT2D eigenvalue weighted by atomic mass is 10.1. The van der Waals surface area contributed by atoms with Gasteiger partial charge in [-0.25, -0.2) is 9.18 Å². The van der Waals surface area contributed by atoms with E-state index in [0.29, 0.717) is 17.1 Å². The molecular formula is C17H13F4N3O. The van der Waals surface area contributed by atoms with E-state index in [4.69, 9.17) is 5.73 Å². The van der Waals surface area contributed by atoms with Gasteiger partial charge in [-0.15, -0.1) is 0 Å². The number of hydrogen-bond acceptors (Lipinski definition) is 1. The number of alkyl halides is 3. The van der Waals surface area contributed by atoms with Crippen LogP contribution in [-0.2, 0) is 12.7 Å². The van der Waals surface area contributed by atoms with Gasteiger partial charge < -0.3 is 10.7 Å². The highest BCUT2D eigenvalue weighted by atomic mass is 19.4. The van der Waals surface area contributed by atoms with Gasteiger partial charge in [-0.1, -0.05) is 12.1 Å². The molecule has 0 saturated heterocycles. The number of nitrogens with two attached hydrogens (primary N) is 1. The molecule has 25 heavy (non-hydrogen) atoms. The van der Waals surface area contributed by atoms with Crippen molar-refractivity contribution in [2.24, 2.45) is 5.73 Å². The first-order valence-electron chi connectivity index (χ1n) is 7.26. The van der Waals surface area contributed by atoms with E-state index in [1.165, 1.54) is 4.90 Å². The Morgan fingerprint density at radius 3 is 2.56 bits per heavy atom. The number of halogens is 4. The van der Waals surface area contributed by atoms with Crippen LogP contribution in [0.25, 0.3) is 10.9 Å². The number of fused-ring (bicyclic) bond motifs is 1. The van der Waals surface area contributed by atoms with Crippen LogP contribution in [0.4, 0.5) is 28.0 Å². The Hall–Kier alpha value is -3.03. The maximum absolute atomic E-state index is 13.7. The number of hydrogen-bond donors (Lipinski definition) is 2. The number of nitrogens with zero attached hydrogens (tertiary/aromatic N) is 1. The minimum atomic E-state index is -4.78. The van der Waals surface area contributed by atoms with Crippen molar-refractivity contribution in [3.63, 3.8) is 0 Å². The van der Waals surface area contributed by atoms with E-state index < -0.39 is 23.6 Å². The van der Waals surface area contributed by atoms with Gasteiger partial charge >= 0.3 is 12.2 Å². The van der Waals surface area contributed by atoms with Crippen molar-refractivity contribution >= 4 is 22.6 Å². The highest BCUT2D eigenvalue weighted by Crippen LogP contribution is 2.32. The Bertz CT molecular complexity index is 933. The molecule has 130 valence electrons. The number of rotatable bonds is 3. The van der Waals surface area contributed by atoms with Gasteiger partial charge in [0.05, 0.1) is 17.8 Å². The molecular weight excluding hydrogens is 338 g/mol. The summed E-state index contributed by atoms with van der Waals surface area (Å²) in [6.45, 7) is -0.158. The summed E-state index contributed by atoms with van der Waals surface area (Å²) in [7, 11) is 0. The van der Waals surface area contributed by atoms with Gasteiger partial charge in [-0.05, 0) is 35.9 Å². The van der Waals surface area contributed by atoms with Crippen molar-refractivity contribution in [2.75, 3.05) is 4.90 Å². The summed E-state index contributed by atoms with van der Waals surface area (Å²) >= 11 is 0. The summed E-state index contributed by atoms with van der Waals surface area (Å²) in [5, 5.41) is 0.716. The van der Waals surface area contributed by atoms with Crippen LogP contribution >= 0.6 is 0 Å². The SMILES string of the molecule is NC(=O)N(Cc1ccc(C(F)(F)F)c(F)c1)c1cccc2[nH]ccc12. The van der Waals surface area contributed by atoms with Crippen LogP contribution in [-0.4, -0.2) is 11.0 Å². The fourth-order valence-corrected chi connectivity index (χ4v) is 2.66. The summed E-state index contributed by atoms with van der Waals surface area (Å²) < 4.78 is 51.7. The first-order valence-corrected chi connectivity index (χ1v) is 7.26. The Morgan fingerprint density at radius 2 is 1.92 bits per heavy atom. The smallest absolute Gasteiger partial charge is 0.361 e. The molecule has 0 radical (unpaired) electrons. The normalized spacial score (nSPS) is 11.7. The molecule has 0 saturated carbocycles. The molecule has 2 amide bonds. The van der Waals surface area contributed by atoms with Crippen LogP contribution in [0.2, 0.25) is 0 Å². The number of urea groups is 1. The van der Waals surface area contributed by atoms with Gasteiger partial charge in [0.2, 0.25) is 0 Å². The number of aromatic amines is 1. The van der Waals surface area contributed by atoms with Gasteiger partial charge in [0, 0.05) is 17.1 Å². The van der Waals surface area contributed by atoms with Crippen molar-refractivity contribution in [3.05, 3.63) is 65.6 Å². The third kappa shape index (κ3) is 3.28. The Labute approximate surface area is 139 Å². The average molecular weight is 351 g/mol. The first-order chi connectivity index (χ1) is 11.8. The van der Waals surface area contributed by atoms with Crippen LogP contribution in [0.1, 0.15) is 11.1 Å². The summed E-state index contributed by atoms with van der Waals surface area (Å²) in [5.74, 6) is -1.39. The molecule has 3 rings (SSSR count). The van der Waals surface area contributed by atoms with Crippen LogP contribution in [0, 0.1) is 5.82 Å². The molecule has 4 nitrogen and oxygen atoms in total. The maximum Gasteiger partial charge on any atom is 0.419 e. The largest absolute Gasteiger partial charge is 0.419 e. The Morgan fingerprint density at radius 1 is 1.16 bits per heavy atom. The lowest BCUT2D eigenvalue weighted by molar-refractivity contribution is -0.140. The summed E-state index contributed by atoms with van der Waals surface area (Å²) in [6.07, 6.45) is -3.09. The number of carbonyl (C=O) groups is 1. The molecule has 0 atom stereocenters. The van der Waals surface area contributed by atoms with Crippen molar-refractivity contribution < 1.29 is 22.4 Å². The number of anilines is 1. The van der Waals surface area contributed by atoms with Crippen LogP contribution in [0.3, 0.4) is 0 Å². The van der Waals surface area contributed by atoms with Crippen LogP contribution in [0.5, 0.6) is 0 Å². The number of nitrogens with one attached hydrogen (secondary N) is 1. The Kier molecular flexibility index (Phi) is 4.12. The standard InChI is InChI=1S/C17H13F4N3O/c18-13-8-10(4-5-12(13)17(19,20)21)9-24(16(22)25)15-3-1-2-14-11(15)6-7-23-14/h1-8,23H,9H2,(H2,22,25). The maximum atomic E-state index is 13.7. The van der Waals surface area contributed by atoms with Crippen molar-refractivity contribution in [1.29, 1.82) is 0 Å². The zero-order valence-corrected chi connectivity index (χ0v) is 12.8. The van der Waals surface area contributed by atoms with E-state index in [1.807, 2.05) is 0 Å². The molecule has 0 fully saturated rings. The molecule has 0 bridgehead atoms. The molecule has 2 aromatic carbocycles. The van der Waals surface area contributed by atoms with Gasteiger partial charge in [0.1, 0.15) is 5.82 Å². The number of benzene rings is 2. The topological polar surface area (TPSA) is 62.1 Å². The lowest BCUT2D eigenvalue weighted by Crippen LogP contribution is -2.35. The monoisotopic (exact) mass is 351 g/mol.